The van der Waals surface area contributed by atoms with Crippen LogP contribution in [0.4, 0.5) is 13.2 Å². The molecule has 0 bridgehead atoms. The highest BCUT2D eigenvalue weighted by Crippen LogP contribution is 2.37. The van der Waals surface area contributed by atoms with Crippen LogP contribution in [0, 0.1) is 0 Å². The SMILES string of the molecule is CCOC(=O)C1(NC2CC2)CCC(OCC(F)(F)F)C1. The molecule has 1 N–H and O–H groups in total. The third kappa shape index (κ3) is 4.09. The van der Waals surface area contributed by atoms with Gasteiger partial charge in [-0.05, 0) is 32.6 Å². The van der Waals surface area contributed by atoms with Crippen LogP contribution in [-0.4, -0.2) is 43.0 Å². The third-order valence-electron chi connectivity index (χ3n) is 3.68. The van der Waals surface area contributed by atoms with Gasteiger partial charge in [0, 0.05) is 12.5 Å². The Labute approximate surface area is 116 Å². The molecule has 0 aromatic carbocycles. The molecule has 2 fully saturated rings. The van der Waals surface area contributed by atoms with Crippen LogP contribution in [0.3, 0.4) is 0 Å². The Balaban J connectivity index is 1.93. The number of carbonyl (C=O) groups is 1. The molecule has 0 aromatic heterocycles. The zero-order chi connectivity index (χ0) is 14.8. The second kappa shape index (κ2) is 5.89. The summed E-state index contributed by atoms with van der Waals surface area (Å²) in [6.45, 7) is 0.719. The topological polar surface area (TPSA) is 47.6 Å². The van der Waals surface area contributed by atoms with Gasteiger partial charge in [-0.3, -0.25) is 10.1 Å². The average molecular weight is 295 g/mol. The quantitative estimate of drug-likeness (QED) is 0.763. The van der Waals surface area contributed by atoms with Gasteiger partial charge in [-0.25, -0.2) is 0 Å². The van der Waals surface area contributed by atoms with Gasteiger partial charge in [-0.2, -0.15) is 13.2 Å². The standard InChI is InChI=1S/C13H20F3NO3/c1-2-19-11(18)12(17-9-3-4-9)6-5-10(7-12)20-8-13(14,15)16/h9-10,17H,2-8H2,1H3. The van der Waals surface area contributed by atoms with E-state index in [1.54, 1.807) is 6.92 Å². The molecule has 2 rings (SSSR count). The maximum atomic E-state index is 12.2. The molecule has 2 unspecified atom stereocenters. The third-order valence-corrected chi connectivity index (χ3v) is 3.68. The molecule has 0 amide bonds. The number of halogens is 3. The van der Waals surface area contributed by atoms with E-state index in [1.165, 1.54) is 0 Å². The number of rotatable bonds is 6. The largest absolute Gasteiger partial charge is 0.465 e. The molecule has 2 atom stereocenters. The lowest BCUT2D eigenvalue weighted by atomic mass is 9.97. The fourth-order valence-electron chi connectivity index (χ4n) is 2.62. The summed E-state index contributed by atoms with van der Waals surface area (Å²) < 4.78 is 46.5. The Hall–Kier alpha value is -0.820. The minimum absolute atomic E-state index is 0.248. The molecule has 0 aliphatic heterocycles. The maximum Gasteiger partial charge on any atom is 0.411 e. The molecule has 0 heterocycles. The van der Waals surface area contributed by atoms with Gasteiger partial charge in [0.25, 0.3) is 0 Å². The molecule has 2 aliphatic carbocycles. The van der Waals surface area contributed by atoms with Gasteiger partial charge >= 0.3 is 12.1 Å². The van der Waals surface area contributed by atoms with Gasteiger partial charge in [0.2, 0.25) is 0 Å². The number of alkyl halides is 3. The molecule has 2 saturated carbocycles. The van der Waals surface area contributed by atoms with Gasteiger partial charge in [-0.1, -0.05) is 0 Å². The summed E-state index contributed by atoms with van der Waals surface area (Å²) in [7, 11) is 0. The van der Waals surface area contributed by atoms with Crippen molar-refractivity contribution in [3.8, 4) is 0 Å². The van der Waals surface area contributed by atoms with Crippen LogP contribution < -0.4 is 5.32 Å². The van der Waals surface area contributed by atoms with E-state index in [4.69, 9.17) is 9.47 Å². The zero-order valence-electron chi connectivity index (χ0n) is 11.5. The van der Waals surface area contributed by atoms with E-state index in [0.717, 1.165) is 12.8 Å². The molecule has 0 spiro atoms. The zero-order valence-corrected chi connectivity index (χ0v) is 11.5. The fraction of sp³-hybridized carbons (Fsp3) is 0.923. The van der Waals surface area contributed by atoms with Crippen molar-refractivity contribution in [1.29, 1.82) is 0 Å². The minimum Gasteiger partial charge on any atom is -0.465 e. The second-order valence-corrected chi connectivity index (χ2v) is 5.51. The summed E-state index contributed by atoms with van der Waals surface area (Å²) in [5.41, 5.74) is -0.868. The van der Waals surface area contributed by atoms with Crippen molar-refractivity contribution in [2.45, 2.75) is 62.9 Å². The molecule has 20 heavy (non-hydrogen) atoms. The van der Waals surface area contributed by atoms with Crippen LogP contribution in [-0.2, 0) is 14.3 Å². The fourth-order valence-corrected chi connectivity index (χ4v) is 2.62. The van der Waals surface area contributed by atoms with E-state index in [2.05, 4.69) is 5.32 Å². The Morgan fingerprint density at radius 3 is 2.60 bits per heavy atom. The summed E-state index contributed by atoms with van der Waals surface area (Å²) in [6.07, 6.45) is -1.74. The Kier molecular flexibility index (Phi) is 4.59. The van der Waals surface area contributed by atoms with E-state index in [0.29, 0.717) is 12.8 Å². The van der Waals surface area contributed by atoms with Crippen LogP contribution in [0.15, 0.2) is 0 Å². The van der Waals surface area contributed by atoms with Crippen molar-refractivity contribution >= 4 is 5.97 Å². The van der Waals surface area contributed by atoms with Crippen molar-refractivity contribution in [2.75, 3.05) is 13.2 Å². The Morgan fingerprint density at radius 1 is 1.35 bits per heavy atom. The van der Waals surface area contributed by atoms with E-state index in [9.17, 15) is 18.0 Å². The first-order chi connectivity index (χ1) is 9.35. The van der Waals surface area contributed by atoms with E-state index in [1.807, 2.05) is 0 Å². The first-order valence-electron chi connectivity index (χ1n) is 6.98. The maximum absolute atomic E-state index is 12.2. The van der Waals surface area contributed by atoms with Crippen LogP contribution in [0.25, 0.3) is 0 Å². The predicted molar refractivity (Wildman–Crippen MR) is 65.2 cm³/mol. The molecule has 116 valence electrons. The lowest BCUT2D eigenvalue weighted by Crippen LogP contribution is -2.52. The number of hydrogen-bond acceptors (Lipinski definition) is 4. The van der Waals surface area contributed by atoms with E-state index in [-0.39, 0.29) is 25.0 Å². The summed E-state index contributed by atoms with van der Waals surface area (Å²) in [4.78, 5) is 12.1. The van der Waals surface area contributed by atoms with Gasteiger partial charge in [0.15, 0.2) is 0 Å². The average Bonchev–Trinajstić information content (AvgIpc) is 3.05. The van der Waals surface area contributed by atoms with Crippen molar-refractivity contribution in [3.05, 3.63) is 0 Å². The first-order valence-corrected chi connectivity index (χ1v) is 6.98. The van der Waals surface area contributed by atoms with E-state index < -0.39 is 24.4 Å². The minimum atomic E-state index is -4.33. The smallest absolute Gasteiger partial charge is 0.411 e. The van der Waals surface area contributed by atoms with Crippen molar-refractivity contribution < 1.29 is 27.4 Å². The van der Waals surface area contributed by atoms with Gasteiger partial charge in [-0.15, -0.1) is 0 Å². The van der Waals surface area contributed by atoms with Crippen molar-refractivity contribution in [3.63, 3.8) is 0 Å². The van der Waals surface area contributed by atoms with Crippen LogP contribution in [0.5, 0.6) is 0 Å². The second-order valence-electron chi connectivity index (χ2n) is 5.51. The molecular formula is C13H20F3NO3. The van der Waals surface area contributed by atoms with Crippen molar-refractivity contribution in [1.82, 2.24) is 5.32 Å². The van der Waals surface area contributed by atoms with Crippen molar-refractivity contribution in [2.24, 2.45) is 0 Å². The Bertz CT molecular complexity index is 357. The number of ether oxygens (including phenoxy) is 2. The highest BCUT2D eigenvalue weighted by Gasteiger charge is 2.49. The predicted octanol–water partition coefficient (Wildman–Crippen LogP) is 2.17. The van der Waals surface area contributed by atoms with Crippen LogP contribution in [0.1, 0.15) is 39.0 Å². The number of nitrogens with one attached hydrogen (secondary N) is 1. The van der Waals surface area contributed by atoms with Gasteiger partial charge in [0.05, 0.1) is 12.7 Å². The lowest BCUT2D eigenvalue weighted by Gasteiger charge is -2.28. The molecule has 7 heteroatoms. The lowest BCUT2D eigenvalue weighted by molar-refractivity contribution is -0.185. The first kappa shape index (κ1) is 15.6. The Morgan fingerprint density at radius 2 is 2.05 bits per heavy atom. The molecule has 0 saturated heterocycles. The summed E-state index contributed by atoms with van der Waals surface area (Å²) in [6, 6.07) is 0.278. The molecule has 0 radical (unpaired) electrons. The highest BCUT2D eigenvalue weighted by molar-refractivity contribution is 5.81. The summed E-state index contributed by atoms with van der Waals surface area (Å²) in [5, 5.41) is 3.24. The van der Waals surface area contributed by atoms with E-state index >= 15 is 0 Å². The number of hydrogen-bond donors (Lipinski definition) is 1. The molecule has 0 aromatic rings. The number of esters is 1. The van der Waals surface area contributed by atoms with Gasteiger partial charge in [0.1, 0.15) is 12.1 Å². The molecule has 4 nitrogen and oxygen atoms in total. The van der Waals surface area contributed by atoms with Crippen LogP contribution >= 0.6 is 0 Å². The monoisotopic (exact) mass is 295 g/mol. The van der Waals surface area contributed by atoms with Gasteiger partial charge < -0.3 is 9.47 Å². The molecule has 2 aliphatic rings. The highest BCUT2D eigenvalue weighted by atomic mass is 19.4. The normalized spacial score (nSPS) is 30.5. The summed E-state index contributed by atoms with van der Waals surface area (Å²) >= 11 is 0. The number of carbonyl (C=O) groups excluding carboxylic acids is 1. The van der Waals surface area contributed by atoms with Crippen LogP contribution in [0.2, 0.25) is 0 Å². The molecular weight excluding hydrogens is 275 g/mol. The summed E-state index contributed by atoms with van der Waals surface area (Å²) in [5.74, 6) is -0.370.